The minimum atomic E-state index is -0.400. The Labute approximate surface area is 93.3 Å². The van der Waals surface area contributed by atoms with E-state index >= 15 is 0 Å². The van der Waals surface area contributed by atoms with Crippen molar-refractivity contribution in [2.45, 2.75) is 19.8 Å². The van der Waals surface area contributed by atoms with Crippen LogP contribution in [0.3, 0.4) is 0 Å². The number of nitrogens with one attached hydrogen (secondary N) is 2. The zero-order valence-electron chi connectivity index (χ0n) is 9.32. The minimum Gasteiger partial charge on any atom is -0.395 e. The van der Waals surface area contributed by atoms with Crippen molar-refractivity contribution < 1.29 is 9.90 Å². The number of hydrogen-bond donors (Lipinski definition) is 3. The van der Waals surface area contributed by atoms with Crippen LogP contribution in [0, 0.1) is 0 Å². The van der Waals surface area contributed by atoms with Gasteiger partial charge in [-0.25, -0.2) is 4.79 Å². The van der Waals surface area contributed by atoms with Gasteiger partial charge >= 0.3 is 5.69 Å². The molecule has 1 heterocycles. The van der Waals surface area contributed by atoms with Gasteiger partial charge < -0.3 is 20.0 Å². The molecule has 0 spiro atoms. The fraction of sp³-hybridized carbons (Fsp3) is 0.600. The maximum atomic E-state index is 11.9. The molecule has 1 amide bonds. The molecule has 1 aromatic rings. The molecule has 0 saturated heterocycles. The minimum absolute atomic E-state index is 0.0793. The first-order valence-corrected chi connectivity index (χ1v) is 5.36. The van der Waals surface area contributed by atoms with E-state index in [1.54, 1.807) is 0 Å². The predicted molar refractivity (Wildman–Crippen MR) is 59.3 cm³/mol. The third-order valence-electron chi connectivity index (χ3n) is 2.26. The van der Waals surface area contributed by atoms with Crippen LogP contribution in [0.1, 0.15) is 30.3 Å². The van der Waals surface area contributed by atoms with Gasteiger partial charge in [-0.05, 0) is 6.42 Å². The van der Waals surface area contributed by atoms with Crippen molar-refractivity contribution in [3.05, 3.63) is 22.4 Å². The van der Waals surface area contributed by atoms with Gasteiger partial charge in [0.15, 0.2) is 0 Å². The molecule has 0 atom stereocenters. The van der Waals surface area contributed by atoms with Crippen LogP contribution in [0.5, 0.6) is 0 Å². The monoisotopic (exact) mass is 227 g/mol. The second-order valence-electron chi connectivity index (χ2n) is 3.53. The zero-order valence-corrected chi connectivity index (χ0v) is 9.32. The van der Waals surface area contributed by atoms with Crippen LogP contribution in [0.2, 0.25) is 0 Å². The van der Waals surface area contributed by atoms with Gasteiger partial charge in [-0.1, -0.05) is 13.3 Å². The van der Waals surface area contributed by atoms with Crippen molar-refractivity contribution in [1.29, 1.82) is 0 Å². The molecule has 90 valence electrons. The van der Waals surface area contributed by atoms with E-state index in [1.165, 1.54) is 11.1 Å². The molecule has 6 heteroatoms. The van der Waals surface area contributed by atoms with Gasteiger partial charge in [-0.2, -0.15) is 0 Å². The molecule has 0 aliphatic rings. The van der Waals surface area contributed by atoms with Crippen molar-refractivity contribution in [3.63, 3.8) is 0 Å². The van der Waals surface area contributed by atoms with Crippen molar-refractivity contribution in [2.24, 2.45) is 0 Å². The highest BCUT2D eigenvalue weighted by molar-refractivity contribution is 5.92. The van der Waals surface area contributed by atoms with Crippen molar-refractivity contribution in [2.75, 3.05) is 19.7 Å². The van der Waals surface area contributed by atoms with E-state index in [-0.39, 0.29) is 24.8 Å². The summed E-state index contributed by atoms with van der Waals surface area (Å²) in [6, 6.07) is 0. The SMILES string of the molecule is CCCCN(CCO)C(=O)c1c[nH]c(=O)[nH]1. The van der Waals surface area contributed by atoms with Crippen molar-refractivity contribution in [3.8, 4) is 0 Å². The fourth-order valence-electron chi connectivity index (χ4n) is 1.40. The number of unbranched alkanes of at least 4 members (excludes halogenated alkanes) is 1. The second kappa shape index (κ2) is 6.12. The summed E-state index contributed by atoms with van der Waals surface area (Å²) in [5, 5.41) is 8.86. The Morgan fingerprint density at radius 2 is 2.25 bits per heavy atom. The number of aromatic amines is 2. The van der Waals surface area contributed by atoms with E-state index in [2.05, 4.69) is 9.97 Å². The molecule has 1 aromatic heterocycles. The molecule has 0 aliphatic heterocycles. The Kier molecular flexibility index (Phi) is 4.78. The first-order chi connectivity index (χ1) is 7.69. The highest BCUT2D eigenvalue weighted by Gasteiger charge is 2.16. The van der Waals surface area contributed by atoms with E-state index < -0.39 is 5.69 Å². The highest BCUT2D eigenvalue weighted by atomic mass is 16.3. The fourth-order valence-corrected chi connectivity index (χ4v) is 1.40. The third kappa shape index (κ3) is 3.23. The lowest BCUT2D eigenvalue weighted by atomic mass is 10.3. The molecule has 0 aliphatic carbocycles. The largest absolute Gasteiger partial charge is 0.395 e. The summed E-state index contributed by atoms with van der Waals surface area (Å²) in [5.74, 6) is -0.263. The van der Waals surface area contributed by atoms with Gasteiger partial charge in [0.05, 0.1) is 6.61 Å². The number of amides is 1. The molecule has 6 nitrogen and oxygen atoms in total. The Hall–Kier alpha value is -1.56. The quantitative estimate of drug-likeness (QED) is 0.636. The Bertz CT molecular complexity index is 383. The number of nitrogens with zero attached hydrogens (tertiary/aromatic N) is 1. The van der Waals surface area contributed by atoms with Crippen LogP contribution < -0.4 is 5.69 Å². The van der Waals surface area contributed by atoms with Crippen molar-refractivity contribution in [1.82, 2.24) is 14.9 Å². The molecule has 0 fully saturated rings. The van der Waals surface area contributed by atoms with E-state index in [1.807, 2.05) is 6.92 Å². The lowest BCUT2D eigenvalue weighted by molar-refractivity contribution is 0.0714. The van der Waals surface area contributed by atoms with E-state index in [4.69, 9.17) is 5.11 Å². The zero-order chi connectivity index (χ0) is 12.0. The standard InChI is InChI=1S/C10H17N3O3/c1-2-3-4-13(5-6-14)9(15)8-7-11-10(16)12-8/h7,14H,2-6H2,1H3,(H2,11,12,16). The normalized spacial score (nSPS) is 10.4. The summed E-state index contributed by atoms with van der Waals surface area (Å²) in [7, 11) is 0. The lowest BCUT2D eigenvalue weighted by Crippen LogP contribution is -2.34. The Morgan fingerprint density at radius 1 is 1.50 bits per heavy atom. The number of H-pyrrole nitrogens is 2. The predicted octanol–water partition coefficient (Wildman–Crippen LogP) is -0.0624. The average Bonchev–Trinajstić information content (AvgIpc) is 2.70. The van der Waals surface area contributed by atoms with Crippen LogP contribution in [-0.4, -0.2) is 45.6 Å². The first-order valence-electron chi connectivity index (χ1n) is 5.36. The molecule has 1 rings (SSSR count). The summed E-state index contributed by atoms with van der Waals surface area (Å²) < 4.78 is 0. The van der Waals surface area contributed by atoms with Crippen molar-refractivity contribution >= 4 is 5.91 Å². The van der Waals surface area contributed by atoms with Gasteiger partial charge in [-0.15, -0.1) is 0 Å². The summed E-state index contributed by atoms with van der Waals surface area (Å²) in [6.07, 6.45) is 3.19. The topological polar surface area (TPSA) is 89.2 Å². The van der Waals surface area contributed by atoms with Crippen LogP contribution >= 0.6 is 0 Å². The number of rotatable bonds is 6. The van der Waals surface area contributed by atoms with Crippen LogP contribution in [0.25, 0.3) is 0 Å². The van der Waals surface area contributed by atoms with Crippen LogP contribution in [0.15, 0.2) is 11.0 Å². The van der Waals surface area contributed by atoms with Gasteiger partial charge in [0, 0.05) is 19.3 Å². The molecular weight excluding hydrogens is 210 g/mol. The number of hydrogen-bond acceptors (Lipinski definition) is 3. The molecule has 0 unspecified atom stereocenters. The van der Waals surface area contributed by atoms with Gasteiger partial charge in [-0.3, -0.25) is 4.79 Å². The van der Waals surface area contributed by atoms with E-state index in [0.717, 1.165) is 12.8 Å². The van der Waals surface area contributed by atoms with E-state index in [0.29, 0.717) is 6.54 Å². The first kappa shape index (κ1) is 12.5. The van der Waals surface area contributed by atoms with E-state index in [9.17, 15) is 9.59 Å². The lowest BCUT2D eigenvalue weighted by Gasteiger charge is -2.20. The van der Waals surface area contributed by atoms with Crippen LogP contribution in [0.4, 0.5) is 0 Å². The average molecular weight is 227 g/mol. The Morgan fingerprint density at radius 3 is 2.75 bits per heavy atom. The van der Waals surface area contributed by atoms with Gasteiger partial charge in [0.2, 0.25) is 0 Å². The third-order valence-corrected chi connectivity index (χ3v) is 2.26. The summed E-state index contributed by atoms with van der Waals surface area (Å²) in [5.41, 5.74) is -0.169. The molecule has 0 saturated carbocycles. The number of imidazole rings is 1. The Balaban J connectivity index is 2.70. The molecule has 0 radical (unpaired) electrons. The summed E-state index contributed by atoms with van der Waals surface area (Å²) in [4.78, 5) is 29.1. The molecule has 0 bridgehead atoms. The highest BCUT2D eigenvalue weighted by Crippen LogP contribution is 2.01. The van der Waals surface area contributed by atoms with Gasteiger partial charge in [0.1, 0.15) is 5.69 Å². The summed E-state index contributed by atoms with van der Waals surface area (Å²) in [6.45, 7) is 2.82. The number of carbonyl (C=O) groups is 1. The van der Waals surface area contributed by atoms with Crippen LogP contribution in [-0.2, 0) is 0 Å². The van der Waals surface area contributed by atoms with Gasteiger partial charge in [0.25, 0.3) is 5.91 Å². The molecule has 3 N–H and O–H groups in total. The molecular formula is C10H17N3O3. The maximum absolute atomic E-state index is 11.9. The second-order valence-corrected chi connectivity index (χ2v) is 3.53. The number of aromatic nitrogens is 2. The number of carbonyl (C=O) groups excluding carboxylic acids is 1. The maximum Gasteiger partial charge on any atom is 0.323 e. The molecule has 0 aromatic carbocycles. The molecule has 16 heavy (non-hydrogen) atoms. The summed E-state index contributed by atoms with van der Waals surface area (Å²) >= 11 is 0. The number of aliphatic hydroxyl groups excluding tert-OH is 1. The smallest absolute Gasteiger partial charge is 0.323 e. The number of aliphatic hydroxyl groups is 1.